The Labute approximate surface area is 191 Å². The fourth-order valence-electron chi connectivity index (χ4n) is 4.23. The summed E-state index contributed by atoms with van der Waals surface area (Å²) < 4.78 is 0. The van der Waals surface area contributed by atoms with Crippen molar-refractivity contribution in [2.45, 2.75) is 5.41 Å². The van der Waals surface area contributed by atoms with Gasteiger partial charge in [0.25, 0.3) is 0 Å². The predicted octanol–water partition coefficient (Wildman–Crippen LogP) is 6.25. The third kappa shape index (κ3) is 4.41. The first-order valence-corrected chi connectivity index (χ1v) is 10.3. The van der Waals surface area contributed by atoms with E-state index < -0.39 is 17.6 Å². The van der Waals surface area contributed by atoms with Gasteiger partial charge < -0.3 is 10.2 Å². The molecule has 0 heterocycles. The highest BCUT2D eigenvalue weighted by molar-refractivity contribution is 5.83. The molecule has 0 saturated heterocycles. The molecule has 0 aliphatic rings. The molecule has 0 aliphatic carbocycles. The molecule has 0 spiro atoms. The zero-order chi connectivity index (χ0) is 23.3. The number of carbonyl (C=O) groups is 2. The molecule has 4 N–H and O–H groups in total. The van der Waals surface area contributed by atoms with Crippen LogP contribution in [0.1, 0.15) is 22.3 Å². The zero-order valence-corrected chi connectivity index (χ0v) is 17.6. The summed E-state index contributed by atoms with van der Waals surface area (Å²) in [5, 5.41) is 22.9. The number of carboxylic acid groups (broad SMARTS) is 2. The van der Waals surface area contributed by atoms with Crippen molar-refractivity contribution in [1.82, 2.24) is 0 Å². The Morgan fingerprint density at radius 3 is 1.09 bits per heavy atom. The van der Waals surface area contributed by atoms with Crippen LogP contribution in [0.3, 0.4) is 0 Å². The average Bonchev–Trinajstić information content (AvgIpc) is 2.82. The lowest BCUT2D eigenvalue weighted by Crippen LogP contribution is -2.31. The van der Waals surface area contributed by atoms with E-state index in [1.54, 1.807) is 24.3 Å². The summed E-state index contributed by atoms with van der Waals surface area (Å²) in [6.45, 7) is 0. The van der Waals surface area contributed by atoms with Gasteiger partial charge in [-0.3, -0.25) is 10.6 Å². The van der Waals surface area contributed by atoms with Gasteiger partial charge in [-0.25, -0.2) is 9.59 Å². The topological polar surface area (TPSA) is 98.7 Å². The van der Waals surface area contributed by atoms with E-state index in [0.29, 0.717) is 11.4 Å². The lowest BCUT2D eigenvalue weighted by atomic mass is 9.65. The van der Waals surface area contributed by atoms with E-state index >= 15 is 0 Å². The molecule has 0 aromatic heterocycles. The molecule has 0 saturated carbocycles. The smallest absolute Gasteiger partial charge is 0.409 e. The number of hydrogen-bond acceptors (Lipinski definition) is 2. The Morgan fingerprint density at radius 1 is 0.485 bits per heavy atom. The molecule has 0 aliphatic heterocycles. The van der Waals surface area contributed by atoms with Gasteiger partial charge in [-0.2, -0.15) is 0 Å². The second kappa shape index (κ2) is 9.28. The van der Waals surface area contributed by atoms with E-state index in [0.717, 1.165) is 22.3 Å². The van der Waals surface area contributed by atoms with E-state index in [9.17, 15) is 9.59 Å². The fourth-order valence-corrected chi connectivity index (χ4v) is 4.23. The molecule has 4 rings (SSSR count). The summed E-state index contributed by atoms with van der Waals surface area (Å²) in [6.07, 6.45) is -2.25. The predicted molar refractivity (Wildman–Crippen MR) is 128 cm³/mol. The van der Waals surface area contributed by atoms with Crippen LogP contribution in [0, 0.1) is 0 Å². The summed E-state index contributed by atoms with van der Waals surface area (Å²) in [5.41, 5.74) is 4.16. The summed E-state index contributed by atoms with van der Waals surface area (Å²) in [7, 11) is 0. The second-order valence-corrected chi connectivity index (χ2v) is 7.50. The van der Waals surface area contributed by atoms with E-state index in [1.807, 2.05) is 60.7 Å². The minimum atomic E-state index is -1.12. The van der Waals surface area contributed by atoms with Gasteiger partial charge in [-0.15, -0.1) is 0 Å². The summed E-state index contributed by atoms with van der Waals surface area (Å²) in [6, 6.07) is 34.7. The van der Waals surface area contributed by atoms with E-state index in [2.05, 4.69) is 34.9 Å². The van der Waals surface area contributed by atoms with Crippen LogP contribution in [-0.2, 0) is 5.41 Å². The van der Waals surface area contributed by atoms with Crippen LogP contribution in [-0.4, -0.2) is 22.4 Å². The maximum atomic E-state index is 11.1. The Hall–Kier alpha value is -4.58. The Balaban J connectivity index is 1.97. The van der Waals surface area contributed by atoms with Crippen LogP contribution in [0.2, 0.25) is 0 Å². The molecule has 6 nitrogen and oxygen atoms in total. The molecule has 4 aromatic carbocycles. The van der Waals surface area contributed by atoms with Crippen molar-refractivity contribution in [1.29, 1.82) is 0 Å². The highest BCUT2D eigenvalue weighted by Gasteiger charge is 2.38. The van der Waals surface area contributed by atoms with Crippen LogP contribution in [0.4, 0.5) is 21.0 Å². The monoisotopic (exact) mass is 438 g/mol. The normalized spacial score (nSPS) is 10.9. The molecule has 0 fully saturated rings. The molecule has 4 aromatic rings. The third-order valence-electron chi connectivity index (χ3n) is 5.55. The zero-order valence-electron chi connectivity index (χ0n) is 17.6. The average molecular weight is 438 g/mol. The first kappa shape index (κ1) is 21.6. The van der Waals surface area contributed by atoms with Gasteiger partial charge in [-0.1, -0.05) is 84.9 Å². The first-order chi connectivity index (χ1) is 16.0. The second-order valence-electron chi connectivity index (χ2n) is 7.50. The number of rotatable bonds is 6. The molecular weight excluding hydrogens is 416 g/mol. The Kier molecular flexibility index (Phi) is 6.09. The third-order valence-corrected chi connectivity index (χ3v) is 5.55. The molecule has 33 heavy (non-hydrogen) atoms. The lowest BCUT2D eigenvalue weighted by Gasteiger charge is -2.37. The maximum absolute atomic E-state index is 11.1. The lowest BCUT2D eigenvalue weighted by molar-refractivity contribution is 0.208. The van der Waals surface area contributed by atoms with Crippen molar-refractivity contribution in [2.24, 2.45) is 0 Å². The minimum Gasteiger partial charge on any atom is -0.465 e. The van der Waals surface area contributed by atoms with Crippen molar-refractivity contribution < 1.29 is 19.8 Å². The van der Waals surface area contributed by atoms with Crippen molar-refractivity contribution >= 4 is 23.6 Å². The molecule has 2 amide bonds. The number of amides is 2. The quantitative estimate of drug-likeness (QED) is 0.267. The van der Waals surface area contributed by atoms with Gasteiger partial charge in [0.1, 0.15) is 0 Å². The van der Waals surface area contributed by atoms with Crippen LogP contribution in [0.25, 0.3) is 0 Å². The van der Waals surface area contributed by atoms with Gasteiger partial charge >= 0.3 is 12.2 Å². The van der Waals surface area contributed by atoms with Crippen LogP contribution < -0.4 is 10.6 Å². The van der Waals surface area contributed by atoms with Gasteiger partial charge in [0.05, 0.1) is 5.41 Å². The Morgan fingerprint density at radius 2 is 0.788 bits per heavy atom. The molecule has 6 heteroatoms. The summed E-state index contributed by atoms with van der Waals surface area (Å²) in [4.78, 5) is 22.1. The van der Waals surface area contributed by atoms with Gasteiger partial charge in [0.2, 0.25) is 0 Å². The molecule has 0 unspecified atom stereocenters. The van der Waals surface area contributed by atoms with Crippen LogP contribution in [0.15, 0.2) is 109 Å². The van der Waals surface area contributed by atoms with E-state index in [-0.39, 0.29) is 0 Å². The molecule has 0 atom stereocenters. The number of hydrogen-bond donors (Lipinski definition) is 4. The van der Waals surface area contributed by atoms with Crippen molar-refractivity contribution in [3.8, 4) is 0 Å². The first-order valence-electron chi connectivity index (χ1n) is 10.3. The SMILES string of the molecule is O=C(O)Nc1ccc(C(c2ccccc2)(c2ccccc2)c2ccc(NC(=O)O)cc2)cc1. The standard InChI is InChI=1S/C27H22N2O4/c30-25(31)28-23-15-11-21(12-16-23)27(19-7-3-1-4-8-19,20-9-5-2-6-10-20)22-13-17-24(18-14-22)29-26(32)33/h1-18,28-29H,(H,30,31)(H,32,33). The van der Waals surface area contributed by atoms with Gasteiger partial charge in [0, 0.05) is 11.4 Å². The molecular formula is C27H22N2O4. The molecule has 164 valence electrons. The van der Waals surface area contributed by atoms with Crippen LogP contribution >= 0.6 is 0 Å². The summed E-state index contributed by atoms with van der Waals surface area (Å²) >= 11 is 0. The number of anilines is 2. The van der Waals surface area contributed by atoms with E-state index in [1.165, 1.54) is 0 Å². The molecule has 0 bridgehead atoms. The molecule has 0 radical (unpaired) electrons. The van der Waals surface area contributed by atoms with Crippen molar-refractivity contribution in [3.05, 3.63) is 131 Å². The largest absolute Gasteiger partial charge is 0.465 e. The van der Waals surface area contributed by atoms with Gasteiger partial charge in [0.15, 0.2) is 0 Å². The van der Waals surface area contributed by atoms with Gasteiger partial charge in [-0.05, 0) is 46.5 Å². The highest BCUT2D eigenvalue weighted by atomic mass is 16.4. The Bertz CT molecular complexity index is 1140. The number of benzene rings is 4. The minimum absolute atomic E-state index is 0.474. The highest BCUT2D eigenvalue weighted by Crippen LogP contribution is 2.45. The van der Waals surface area contributed by atoms with Crippen molar-refractivity contribution in [2.75, 3.05) is 10.6 Å². The number of nitrogens with one attached hydrogen (secondary N) is 2. The van der Waals surface area contributed by atoms with Crippen LogP contribution in [0.5, 0.6) is 0 Å². The van der Waals surface area contributed by atoms with E-state index in [4.69, 9.17) is 10.2 Å². The maximum Gasteiger partial charge on any atom is 0.409 e. The van der Waals surface area contributed by atoms with Crippen molar-refractivity contribution in [3.63, 3.8) is 0 Å². The fraction of sp³-hybridized carbons (Fsp3) is 0.0370. The summed E-state index contributed by atoms with van der Waals surface area (Å²) in [5.74, 6) is 0.